The Morgan fingerprint density at radius 2 is 1.89 bits per heavy atom. The summed E-state index contributed by atoms with van der Waals surface area (Å²) in [5.41, 5.74) is 1.36. The molecule has 0 saturated carbocycles. The molecule has 1 N–H and O–H groups in total. The number of nitrogens with one attached hydrogen (secondary N) is 1. The van der Waals surface area contributed by atoms with Gasteiger partial charge in [0.2, 0.25) is 5.82 Å². The number of aromatic nitrogens is 3. The number of aryl methyl sites for hydroxylation is 1. The number of ether oxygens (including phenoxy) is 1. The lowest BCUT2D eigenvalue weighted by atomic mass is 10.1. The number of aromatic amines is 1. The molecule has 2 aromatic heterocycles. The maximum Gasteiger partial charge on any atom is 0.449 e. The molecule has 0 bridgehead atoms. The molecule has 3 aromatic rings. The number of nitrogens with zero attached hydrogens (tertiary/aromatic N) is 2. The first kappa shape index (κ1) is 18.7. The van der Waals surface area contributed by atoms with Gasteiger partial charge in [0.25, 0.3) is 0 Å². The number of carbonyl (C=O) groups is 2. The molecule has 0 aliphatic rings. The summed E-state index contributed by atoms with van der Waals surface area (Å²) in [6.45, 7) is 2.56. The molecular formula is C18H16F3N3O3. The van der Waals surface area contributed by atoms with E-state index in [2.05, 4.69) is 14.7 Å². The molecule has 0 saturated heterocycles. The Morgan fingerprint density at radius 1 is 1.22 bits per heavy atom. The molecule has 27 heavy (non-hydrogen) atoms. The average Bonchev–Trinajstić information content (AvgIpc) is 3.12. The van der Waals surface area contributed by atoms with Gasteiger partial charge < -0.3 is 14.3 Å². The summed E-state index contributed by atoms with van der Waals surface area (Å²) in [4.78, 5) is 31.0. The second-order valence-electron chi connectivity index (χ2n) is 6.05. The van der Waals surface area contributed by atoms with Crippen LogP contribution in [0.3, 0.4) is 0 Å². The van der Waals surface area contributed by atoms with Crippen molar-refractivity contribution < 1.29 is 27.5 Å². The summed E-state index contributed by atoms with van der Waals surface area (Å²) >= 11 is 0. The maximum atomic E-state index is 13.4. The van der Waals surface area contributed by atoms with Gasteiger partial charge in [-0.3, -0.25) is 4.79 Å². The lowest BCUT2D eigenvalue weighted by molar-refractivity contribution is -0.146. The van der Waals surface area contributed by atoms with E-state index in [4.69, 9.17) is 0 Å². The molecule has 2 heterocycles. The number of hydrogen-bond donors (Lipinski definition) is 1. The first-order valence-electron chi connectivity index (χ1n) is 7.98. The first-order chi connectivity index (χ1) is 12.6. The van der Waals surface area contributed by atoms with Gasteiger partial charge in [0.05, 0.1) is 35.9 Å². The Labute approximate surface area is 152 Å². The van der Waals surface area contributed by atoms with E-state index in [1.54, 1.807) is 26.0 Å². The van der Waals surface area contributed by atoms with E-state index >= 15 is 0 Å². The van der Waals surface area contributed by atoms with Crippen LogP contribution in [-0.2, 0) is 17.5 Å². The molecule has 9 heteroatoms. The van der Waals surface area contributed by atoms with Crippen molar-refractivity contribution in [3.63, 3.8) is 0 Å². The molecule has 0 amide bonds. The monoisotopic (exact) mass is 379 g/mol. The normalized spacial score (nSPS) is 11.8. The smallest absolute Gasteiger partial charge is 0.449 e. The largest absolute Gasteiger partial charge is 0.465 e. The topological polar surface area (TPSA) is 77.0 Å². The molecule has 3 rings (SSSR count). The zero-order valence-corrected chi connectivity index (χ0v) is 14.8. The highest BCUT2D eigenvalue weighted by molar-refractivity contribution is 6.01. The van der Waals surface area contributed by atoms with Crippen LogP contribution < -0.4 is 0 Å². The maximum absolute atomic E-state index is 13.4. The predicted octanol–water partition coefficient (Wildman–Crippen LogP) is 3.67. The number of alkyl halides is 3. The predicted molar refractivity (Wildman–Crippen MR) is 90.7 cm³/mol. The van der Waals surface area contributed by atoms with Crippen molar-refractivity contribution in [2.24, 2.45) is 0 Å². The Balaban J connectivity index is 2.06. The minimum atomic E-state index is -4.71. The SMILES string of the molecule is COC(=O)c1c(C)[nH]c(C(=O)Cn2c(C(F)(F)F)nc3ccccc32)c1C. The van der Waals surface area contributed by atoms with Gasteiger partial charge in [-0.15, -0.1) is 0 Å². The van der Waals surface area contributed by atoms with Gasteiger partial charge in [0.1, 0.15) is 0 Å². The summed E-state index contributed by atoms with van der Waals surface area (Å²) < 4.78 is 45.6. The van der Waals surface area contributed by atoms with E-state index < -0.39 is 30.3 Å². The lowest BCUT2D eigenvalue weighted by Crippen LogP contribution is -2.20. The number of Topliss-reactive ketones (excluding diaryl/α,β-unsaturated/α-hetero) is 1. The van der Waals surface area contributed by atoms with Gasteiger partial charge in [0.15, 0.2) is 5.78 Å². The average molecular weight is 379 g/mol. The van der Waals surface area contributed by atoms with Crippen molar-refractivity contribution in [3.8, 4) is 0 Å². The third-order valence-corrected chi connectivity index (χ3v) is 4.32. The van der Waals surface area contributed by atoms with Crippen LogP contribution in [-0.4, -0.2) is 33.4 Å². The van der Waals surface area contributed by atoms with E-state index in [0.29, 0.717) is 11.3 Å². The van der Waals surface area contributed by atoms with Crippen LogP contribution in [0.1, 0.15) is 37.9 Å². The van der Waals surface area contributed by atoms with E-state index in [0.717, 1.165) is 4.57 Å². The van der Waals surface area contributed by atoms with Crippen LogP contribution >= 0.6 is 0 Å². The second-order valence-corrected chi connectivity index (χ2v) is 6.05. The number of hydrogen-bond acceptors (Lipinski definition) is 4. The molecule has 0 atom stereocenters. The van der Waals surface area contributed by atoms with Crippen LogP contribution in [0, 0.1) is 13.8 Å². The van der Waals surface area contributed by atoms with Crippen LogP contribution in [0.5, 0.6) is 0 Å². The van der Waals surface area contributed by atoms with Crippen molar-refractivity contribution in [3.05, 3.63) is 52.6 Å². The van der Waals surface area contributed by atoms with Gasteiger partial charge in [-0.2, -0.15) is 13.2 Å². The molecule has 0 radical (unpaired) electrons. The molecule has 0 fully saturated rings. The quantitative estimate of drug-likeness (QED) is 0.554. The van der Waals surface area contributed by atoms with Crippen LogP contribution in [0.15, 0.2) is 24.3 Å². The number of imidazole rings is 1. The summed E-state index contributed by atoms with van der Waals surface area (Å²) in [7, 11) is 1.21. The molecule has 0 unspecified atom stereocenters. The van der Waals surface area contributed by atoms with E-state index in [9.17, 15) is 22.8 Å². The van der Waals surface area contributed by atoms with Crippen molar-refractivity contribution in [2.45, 2.75) is 26.6 Å². The molecule has 1 aromatic carbocycles. The van der Waals surface area contributed by atoms with Crippen molar-refractivity contribution in [1.29, 1.82) is 0 Å². The summed E-state index contributed by atoms with van der Waals surface area (Å²) in [6.07, 6.45) is -4.71. The molecule has 6 nitrogen and oxygen atoms in total. The number of rotatable bonds is 4. The third kappa shape index (κ3) is 3.20. The highest BCUT2D eigenvalue weighted by atomic mass is 19.4. The first-order valence-corrected chi connectivity index (χ1v) is 7.98. The minimum Gasteiger partial charge on any atom is -0.465 e. The molecular weight excluding hydrogens is 363 g/mol. The fraction of sp³-hybridized carbons (Fsp3) is 0.278. The van der Waals surface area contributed by atoms with Crippen LogP contribution in [0.25, 0.3) is 11.0 Å². The Bertz CT molecular complexity index is 1050. The number of halogens is 3. The van der Waals surface area contributed by atoms with E-state index in [-0.39, 0.29) is 22.3 Å². The zero-order valence-electron chi connectivity index (χ0n) is 14.8. The number of para-hydroxylation sites is 2. The number of carbonyl (C=O) groups excluding carboxylic acids is 2. The summed E-state index contributed by atoms with van der Waals surface area (Å²) in [5, 5.41) is 0. The number of H-pyrrole nitrogens is 1. The number of benzene rings is 1. The summed E-state index contributed by atoms with van der Waals surface area (Å²) in [5.74, 6) is -2.37. The van der Waals surface area contributed by atoms with Gasteiger partial charge >= 0.3 is 12.1 Å². The Hall–Kier alpha value is -3.10. The van der Waals surface area contributed by atoms with Crippen LogP contribution in [0.2, 0.25) is 0 Å². The van der Waals surface area contributed by atoms with Gasteiger partial charge in [-0.1, -0.05) is 12.1 Å². The van der Waals surface area contributed by atoms with Gasteiger partial charge in [-0.25, -0.2) is 9.78 Å². The number of methoxy groups -OCH3 is 1. The van der Waals surface area contributed by atoms with E-state index in [1.165, 1.54) is 19.2 Å². The highest BCUT2D eigenvalue weighted by Crippen LogP contribution is 2.32. The molecule has 0 aliphatic carbocycles. The molecule has 0 aliphatic heterocycles. The van der Waals surface area contributed by atoms with Crippen molar-refractivity contribution in [1.82, 2.24) is 14.5 Å². The second kappa shape index (κ2) is 6.57. The zero-order chi connectivity index (χ0) is 19.9. The minimum absolute atomic E-state index is 0.0683. The fourth-order valence-corrected chi connectivity index (χ4v) is 3.11. The van der Waals surface area contributed by atoms with Gasteiger partial charge in [-0.05, 0) is 31.5 Å². The number of ketones is 1. The standard InChI is InChI=1S/C18H16F3N3O3/c1-9-14(16(26)27-3)10(2)22-15(9)13(25)8-24-12-7-5-4-6-11(12)23-17(24)18(19,20)21/h4-7,22H,8H2,1-3H3. The number of fused-ring (bicyclic) bond motifs is 1. The Kier molecular flexibility index (Phi) is 4.54. The van der Waals surface area contributed by atoms with Crippen molar-refractivity contribution in [2.75, 3.05) is 7.11 Å². The fourth-order valence-electron chi connectivity index (χ4n) is 3.11. The summed E-state index contributed by atoms with van der Waals surface area (Å²) in [6, 6.07) is 6.07. The highest BCUT2D eigenvalue weighted by Gasteiger charge is 2.38. The molecule has 0 spiro atoms. The Morgan fingerprint density at radius 3 is 2.52 bits per heavy atom. The third-order valence-electron chi connectivity index (χ3n) is 4.32. The lowest BCUT2D eigenvalue weighted by Gasteiger charge is -2.10. The van der Waals surface area contributed by atoms with Crippen molar-refractivity contribution >= 4 is 22.8 Å². The number of esters is 1. The molecule has 142 valence electrons. The van der Waals surface area contributed by atoms with Gasteiger partial charge in [0, 0.05) is 5.69 Å². The van der Waals surface area contributed by atoms with Crippen LogP contribution in [0.4, 0.5) is 13.2 Å². The van der Waals surface area contributed by atoms with E-state index in [1.807, 2.05) is 0 Å².